The first kappa shape index (κ1) is 15.5. The second-order valence-corrected chi connectivity index (χ2v) is 6.68. The van der Waals surface area contributed by atoms with Crippen LogP contribution in [0.25, 0.3) is 0 Å². The summed E-state index contributed by atoms with van der Waals surface area (Å²) in [6.07, 6.45) is 0. The van der Waals surface area contributed by atoms with Gasteiger partial charge in [0.05, 0.1) is 5.56 Å². The fraction of sp³-hybridized carbons (Fsp3) is 0.278. The number of thiocarbonyl (C=S) groups is 1. The third kappa shape index (κ3) is 3.82. The van der Waals surface area contributed by atoms with Crippen molar-refractivity contribution in [3.63, 3.8) is 0 Å². The molecule has 0 heterocycles. The topological polar surface area (TPSA) is 35.2 Å². The van der Waals surface area contributed by atoms with E-state index in [0.29, 0.717) is 10.7 Å². The molecular weight excluding hydrogens is 278 g/mol. The SMILES string of the molecule is Cc1ccc(Oc2ccc(C(C)(C)C)cc2)c(C(N)=S)c1. The quantitative estimate of drug-likeness (QED) is 0.833. The van der Waals surface area contributed by atoms with Gasteiger partial charge in [-0.3, -0.25) is 0 Å². The highest BCUT2D eigenvalue weighted by atomic mass is 32.1. The van der Waals surface area contributed by atoms with Gasteiger partial charge < -0.3 is 10.5 Å². The number of hydrogen-bond donors (Lipinski definition) is 1. The first-order valence-corrected chi connectivity index (χ1v) is 7.37. The maximum absolute atomic E-state index is 5.93. The van der Waals surface area contributed by atoms with Crippen LogP contribution in [0, 0.1) is 6.92 Å². The minimum absolute atomic E-state index is 0.131. The van der Waals surface area contributed by atoms with Gasteiger partial charge in [0.15, 0.2) is 0 Å². The molecule has 2 aromatic rings. The van der Waals surface area contributed by atoms with E-state index in [1.165, 1.54) is 5.56 Å². The van der Waals surface area contributed by atoms with E-state index in [9.17, 15) is 0 Å². The third-order valence-electron chi connectivity index (χ3n) is 3.35. The van der Waals surface area contributed by atoms with Gasteiger partial charge in [-0.2, -0.15) is 0 Å². The summed E-state index contributed by atoms with van der Waals surface area (Å²) < 4.78 is 5.93. The molecule has 0 amide bonds. The molecule has 0 fully saturated rings. The maximum atomic E-state index is 5.93. The number of rotatable bonds is 3. The van der Waals surface area contributed by atoms with Crippen LogP contribution in [-0.4, -0.2) is 4.99 Å². The molecule has 0 aliphatic carbocycles. The molecule has 0 saturated carbocycles. The highest BCUT2D eigenvalue weighted by Gasteiger charge is 2.13. The van der Waals surface area contributed by atoms with Crippen molar-refractivity contribution in [1.29, 1.82) is 0 Å². The van der Waals surface area contributed by atoms with E-state index >= 15 is 0 Å². The second-order valence-electron chi connectivity index (χ2n) is 6.24. The van der Waals surface area contributed by atoms with Gasteiger partial charge in [-0.25, -0.2) is 0 Å². The Labute approximate surface area is 131 Å². The van der Waals surface area contributed by atoms with Crippen molar-refractivity contribution in [2.45, 2.75) is 33.1 Å². The van der Waals surface area contributed by atoms with E-state index in [1.807, 2.05) is 37.3 Å². The van der Waals surface area contributed by atoms with Crippen molar-refractivity contribution in [2.24, 2.45) is 5.73 Å². The summed E-state index contributed by atoms with van der Waals surface area (Å²) in [5.74, 6) is 1.47. The van der Waals surface area contributed by atoms with Gasteiger partial charge in [-0.05, 0) is 42.2 Å². The lowest BCUT2D eigenvalue weighted by atomic mass is 9.87. The van der Waals surface area contributed by atoms with Crippen LogP contribution in [0.3, 0.4) is 0 Å². The fourth-order valence-electron chi connectivity index (χ4n) is 2.08. The molecule has 0 atom stereocenters. The van der Waals surface area contributed by atoms with Crippen LogP contribution >= 0.6 is 12.2 Å². The van der Waals surface area contributed by atoms with Crippen LogP contribution in [-0.2, 0) is 5.41 Å². The number of ether oxygens (including phenoxy) is 1. The van der Waals surface area contributed by atoms with E-state index in [1.54, 1.807) is 0 Å². The predicted molar refractivity (Wildman–Crippen MR) is 92.3 cm³/mol. The molecule has 0 aliphatic rings. The van der Waals surface area contributed by atoms with E-state index in [0.717, 1.165) is 16.9 Å². The molecule has 0 radical (unpaired) electrons. The molecule has 0 unspecified atom stereocenters. The summed E-state index contributed by atoms with van der Waals surface area (Å²) in [5.41, 5.74) is 9.05. The summed E-state index contributed by atoms with van der Waals surface area (Å²) in [7, 11) is 0. The van der Waals surface area contributed by atoms with Crippen LogP contribution in [0.15, 0.2) is 42.5 Å². The molecule has 0 spiro atoms. The van der Waals surface area contributed by atoms with Crippen molar-refractivity contribution in [2.75, 3.05) is 0 Å². The minimum atomic E-state index is 0.131. The van der Waals surface area contributed by atoms with Crippen molar-refractivity contribution >= 4 is 17.2 Å². The molecule has 2 aromatic carbocycles. The lowest BCUT2D eigenvalue weighted by Gasteiger charge is -2.19. The molecule has 3 heteroatoms. The van der Waals surface area contributed by atoms with Gasteiger partial charge in [0.25, 0.3) is 0 Å². The second kappa shape index (κ2) is 5.86. The van der Waals surface area contributed by atoms with Crippen LogP contribution in [0.5, 0.6) is 11.5 Å². The van der Waals surface area contributed by atoms with Crippen molar-refractivity contribution in [3.05, 3.63) is 59.2 Å². The van der Waals surface area contributed by atoms with Crippen molar-refractivity contribution in [1.82, 2.24) is 0 Å². The molecule has 21 heavy (non-hydrogen) atoms. The summed E-state index contributed by atoms with van der Waals surface area (Å²) >= 11 is 5.09. The zero-order valence-electron chi connectivity index (χ0n) is 12.9. The fourth-order valence-corrected chi connectivity index (χ4v) is 2.23. The number of aryl methyl sites for hydroxylation is 1. The van der Waals surface area contributed by atoms with Crippen LogP contribution in [0.2, 0.25) is 0 Å². The molecule has 0 aromatic heterocycles. The highest BCUT2D eigenvalue weighted by Crippen LogP contribution is 2.29. The maximum Gasteiger partial charge on any atom is 0.137 e. The molecular formula is C18H21NOS. The van der Waals surface area contributed by atoms with Crippen molar-refractivity contribution in [3.8, 4) is 11.5 Å². The van der Waals surface area contributed by atoms with E-state index in [-0.39, 0.29) is 5.41 Å². The Morgan fingerprint density at radius 3 is 2.19 bits per heavy atom. The third-order valence-corrected chi connectivity index (χ3v) is 3.57. The molecule has 2 nitrogen and oxygen atoms in total. The average Bonchev–Trinajstić information content (AvgIpc) is 2.40. The van der Waals surface area contributed by atoms with Crippen LogP contribution < -0.4 is 10.5 Å². The smallest absolute Gasteiger partial charge is 0.137 e. The Hall–Kier alpha value is -1.87. The Balaban J connectivity index is 2.28. The summed E-state index contributed by atoms with van der Waals surface area (Å²) in [6.45, 7) is 8.57. The Kier molecular flexibility index (Phi) is 4.33. The molecule has 2 rings (SSSR count). The van der Waals surface area contributed by atoms with Gasteiger partial charge in [0, 0.05) is 0 Å². The van der Waals surface area contributed by atoms with E-state index in [2.05, 4.69) is 32.9 Å². The largest absolute Gasteiger partial charge is 0.457 e. The molecule has 0 bridgehead atoms. The molecule has 0 aliphatic heterocycles. The summed E-state index contributed by atoms with van der Waals surface area (Å²) in [5, 5.41) is 0. The normalized spacial score (nSPS) is 11.2. The van der Waals surface area contributed by atoms with Gasteiger partial charge in [-0.1, -0.05) is 56.8 Å². The monoisotopic (exact) mass is 299 g/mol. The number of benzene rings is 2. The number of nitrogens with two attached hydrogens (primary N) is 1. The zero-order chi connectivity index (χ0) is 15.6. The lowest BCUT2D eigenvalue weighted by molar-refractivity contribution is 0.480. The van der Waals surface area contributed by atoms with Gasteiger partial charge >= 0.3 is 0 Å². The van der Waals surface area contributed by atoms with E-state index in [4.69, 9.17) is 22.7 Å². The predicted octanol–water partition coefficient (Wildman–Crippen LogP) is 4.72. The zero-order valence-corrected chi connectivity index (χ0v) is 13.8. The van der Waals surface area contributed by atoms with Crippen LogP contribution in [0.4, 0.5) is 0 Å². The average molecular weight is 299 g/mol. The molecule has 2 N–H and O–H groups in total. The Bertz CT molecular complexity index is 654. The van der Waals surface area contributed by atoms with Gasteiger partial charge in [0.2, 0.25) is 0 Å². The van der Waals surface area contributed by atoms with Gasteiger partial charge in [0.1, 0.15) is 16.5 Å². The standard InChI is InChI=1S/C18H21NOS/c1-12-5-10-16(15(11-12)17(19)21)20-14-8-6-13(7-9-14)18(2,3)4/h5-11H,1-4H3,(H2,19,21). The number of hydrogen-bond acceptors (Lipinski definition) is 2. The molecule has 0 saturated heterocycles. The lowest BCUT2D eigenvalue weighted by Crippen LogP contribution is -2.11. The van der Waals surface area contributed by atoms with Crippen LogP contribution in [0.1, 0.15) is 37.5 Å². The summed E-state index contributed by atoms with van der Waals surface area (Å²) in [6, 6.07) is 14.0. The highest BCUT2D eigenvalue weighted by molar-refractivity contribution is 7.80. The van der Waals surface area contributed by atoms with Crippen molar-refractivity contribution < 1.29 is 4.74 Å². The first-order valence-electron chi connectivity index (χ1n) is 6.96. The van der Waals surface area contributed by atoms with E-state index < -0.39 is 0 Å². The Morgan fingerprint density at radius 2 is 1.67 bits per heavy atom. The minimum Gasteiger partial charge on any atom is -0.457 e. The van der Waals surface area contributed by atoms with Gasteiger partial charge in [-0.15, -0.1) is 0 Å². The molecule has 110 valence electrons. The summed E-state index contributed by atoms with van der Waals surface area (Å²) in [4.78, 5) is 0.347. The Morgan fingerprint density at radius 1 is 1.05 bits per heavy atom. The first-order chi connectivity index (χ1) is 9.77.